The molecule has 0 aliphatic carbocycles. The van der Waals surface area contributed by atoms with Gasteiger partial charge < -0.3 is 9.88 Å². The Morgan fingerprint density at radius 1 is 1.21 bits per heavy atom. The second-order valence-electron chi connectivity index (χ2n) is 6.36. The van der Waals surface area contributed by atoms with Gasteiger partial charge in [0.05, 0.1) is 6.20 Å². The third kappa shape index (κ3) is 1.94. The minimum atomic E-state index is 0.904. The van der Waals surface area contributed by atoms with E-state index < -0.39 is 0 Å². The summed E-state index contributed by atoms with van der Waals surface area (Å²) in [6, 6.07) is 12.7. The van der Waals surface area contributed by atoms with Gasteiger partial charge >= 0.3 is 0 Å². The summed E-state index contributed by atoms with van der Waals surface area (Å²) in [5, 5.41) is 5.81. The van der Waals surface area contributed by atoms with Crippen molar-refractivity contribution in [2.45, 2.75) is 26.3 Å². The fourth-order valence-electron chi connectivity index (χ4n) is 3.72. The summed E-state index contributed by atoms with van der Waals surface area (Å²) < 4.78 is 1.96. The number of fused-ring (bicyclic) bond motifs is 4. The molecular weight excluding hydrogens is 298 g/mol. The molecular formula is C19H19N5. The van der Waals surface area contributed by atoms with Crippen molar-refractivity contribution in [1.29, 1.82) is 0 Å². The molecule has 0 radical (unpaired) electrons. The normalized spacial score (nSPS) is 14.5. The quantitative estimate of drug-likeness (QED) is 0.617. The fraction of sp³-hybridized carbons (Fsp3) is 0.263. The summed E-state index contributed by atoms with van der Waals surface area (Å²) >= 11 is 0. The van der Waals surface area contributed by atoms with Gasteiger partial charge in [-0.2, -0.15) is 9.61 Å². The van der Waals surface area contributed by atoms with E-state index in [1.807, 2.05) is 16.8 Å². The first-order valence-corrected chi connectivity index (χ1v) is 8.50. The predicted molar refractivity (Wildman–Crippen MR) is 95.4 cm³/mol. The number of aryl methyl sites for hydroxylation is 1. The van der Waals surface area contributed by atoms with Crippen molar-refractivity contribution in [3.05, 3.63) is 59.5 Å². The average Bonchev–Trinajstić information content (AvgIpc) is 3.24. The second kappa shape index (κ2) is 5.09. The SMILES string of the molecule is CCc1cc(N2CCc3[nH]c4ccccc4c3C2)n2nccc2n1. The first-order chi connectivity index (χ1) is 11.8. The van der Waals surface area contributed by atoms with E-state index in [9.17, 15) is 0 Å². The first-order valence-electron chi connectivity index (χ1n) is 8.50. The Morgan fingerprint density at radius 3 is 3.04 bits per heavy atom. The Labute approximate surface area is 139 Å². The first kappa shape index (κ1) is 13.6. The molecule has 1 aliphatic rings. The predicted octanol–water partition coefficient (Wildman–Crippen LogP) is 3.34. The maximum Gasteiger partial charge on any atom is 0.157 e. The van der Waals surface area contributed by atoms with Gasteiger partial charge in [0.15, 0.2) is 5.65 Å². The van der Waals surface area contributed by atoms with Gasteiger partial charge in [0.2, 0.25) is 0 Å². The van der Waals surface area contributed by atoms with Crippen LogP contribution < -0.4 is 4.90 Å². The van der Waals surface area contributed by atoms with Gasteiger partial charge in [-0.05, 0) is 12.5 Å². The van der Waals surface area contributed by atoms with Crippen LogP contribution >= 0.6 is 0 Å². The van der Waals surface area contributed by atoms with Gasteiger partial charge in [0.25, 0.3) is 0 Å². The highest BCUT2D eigenvalue weighted by Gasteiger charge is 2.23. The second-order valence-corrected chi connectivity index (χ2v) is 6.36. The van der Waals surface area contributed by atoms with Crippen molar-refractivity contribution in [1.82, 2.24) is 19.6 Å². The molecule has 0 atom stereocenters. The third-order valence-corrected chi connectivity index (χ3v) is 4.96. The minimum absolute atomic E-state index is 0.904. The van der Waals surface area contributed by atoms with Crippen LogP contribution in [0.15, 0.2) is 42.6 Å². The number of nitrogens with one attached hydrogen (secondary N) is 1. The zero-order chi connectivity index (χ0) is 16.1. The molecule has 0 unspecified atom stereocenters. The Morgan fingerprint density at radius 2 is 2.12 bits per heavy atom. The molecule has 120 valence electrons. The lowest BCUT2D eigenvalue weighted by Gasteiger charge is -2.29. The average molecular weight is 317 g/mol. The topological polar surface area (TPSA) is 49.2 Å². The molecule has 0 amide bonds. The molecule has 5 heteroatoms. The Hall–Kier alpha value is -2.82. The number of anilines is 1. The molecule has 24 heavy (non-hydrogen) atoms. The van der Waals surface area contributed by atoms with Crippen molar-refractivity contribution >= 4 is 22.4 Å². The molecule has 5 rings (SSSR count). The zero-order valence-electron chi connectivity index (χ0n) is 13.7. The lowest BCUT2D eigenvalue weighted by molar-refractivity contribution is 0.697. The smallest absolute Gasteiger partial charge is 0.157 e. The highest BCUT2D eigenvalue weighted by Crippen LogP contribution is 2.30. The largest absolute Gasteiger partial charge is 0.358 e. The summed E-state index contributed by atoms with van der Waals surface area (Å²) in [5.41, 5.74) is 6.05. The van der Waals surface area contributed by atoms with E-state index in [1.165, 1.54) is 22.2 Å². The Kier molecular flexibility index (Phi) is 2.89. The lowest BCUT2D eigenvalue weighted by Crippen LogP contribution is -2.32. The van der Waals surface area contributed by atoms with E-state index in [1.54, 1.807) is 0 Å². The van der Waals surface area contributed by atoms with Crippen LogP contribution in [0.3, 0.4) is 0 Å². The maximum absolute atomic E-state index is 4.66. The summed E-state index contributed by atoms with van der Waals surface area (Å²) in [6.07, 6.45) is 3.78. The molecule has 3 aromatic heterocycles. The van der Waals surface area contributed by atoms with Gasteiger partial charge in [-0.1, -0.05) is 25.1 Å². The number of nitrogens with zero attached hydrogens (tertiary/aromatic N) is 4. The van der Waals surface area contributed by atoms with Crippen LogP contribution in [0, 0.1) is 0 Å². The van der Waals surface area contributed by atoms with Crippen molar-refractivity contribution in [2.24, 2.45) is 0 Å². The molecule has 0 saturated carbocycles. The maximum atomic E-state index is 4.66. The highest BCUT2D eigenvalue weighted by molar-refractivity contribution is 5.85. The van der Waals surface area contributed by atoms with Crippen molar-refractivity contribution in [3.63, 3.8) is 0 Å². The minimum Gasteiger partial charge on any atom is -0.358 e. The van der Waals surface area contributed by atoms with Crippen molar-refractivity contribution in [3.8, 4) is 0 Å². The number of aromatic nitrogens is 4. The van der Waals surface area contributed by atoms with Crippen LogP contribution in [0.1, 0.15) is 23.9 Å². The van der Waals surface area contributed by atoms with E-state index in [4.69, 9.17) is 0 Å². The molecule has 5 nitrogen and oxygen atoms in total. The van der Waals surface area contributed by atoms with Crippen LogP contribution in [0.4, 0.5) is 5.82 Å². The summed E-state index contributed by atoms with van der Waals surface area (Å²) in [4.78, 5) is 10.7. The number of H-pyrrole nitrogens is 1. The number of hydrogen-bond donors (Lipinski definition) is 1. The standard InChI is InChI=1S/C19H19N5/c1-2-13-11-19(24-18(21-13)7-9-20-24)23-10-8-17-15(12-23)14-5-3-4-6-16(14)22-17/h3-7,9,11,22H,2,8,10,12H2,1H3. The van der Waals surface area contributed by atoms with Gasteiger partial charge in [-0.15, -0.1) is 0 Å². The number of aromatic amines is 1. The Balaban J connectivity index is 1.63. The molecule has 4 aromatic rings. The number of rotatable bonds is 2. The number of para-hydroxylation sites is 1. The lowest BCUT2D eigenvalue weighted by atomic mass is 10.0. The molecule has 0 saturated heterocycles. The third-order valence-electron chi connectivity index (χ3n) is 4.96. The molecule has 0 bridgehead atoms. The van der Waals surface area contributed by atoms with Crippen LogP contribution in [-0.4, -0.2) is 26.1 Å². The van der Waals surface area contributed by atoms with E-state index in [0.717, 1.165) is 43.1 Å². The summed E-state index contributed by atoms with van der Waals surface area (Å²) in [7, 11) is 0. The fourth-order valence-corrected chi connectivity index (χ4v) is 3.72. The van der Waals surface area contributed by atoms with Crippen molar-refractivity contribution < 1.29 is 0 Å². The van der Waals surface area contributed by atoms with E-state index in [-0.39, 0.29) is 0 Å². The van der Waals surface area contributed by atoms with E-state index in [2.05, 4.69) is 57.2 Å². The number of hydrogen-bond acceptors (Lipinski definition) is 3. The molecule has 0 spiro atoms. The van der Waals surface area contributed by atoms with Crippen LogP contribution in [0.5, 0.6) is 0 Å². The van der Waals surface area contributed by atoms with E-state index >= 15 is 0 Å². The number of benzene rings is 1. The van der Waals surface area contributed by atoms with E-state index in [0.29, 0.717) is 0 Å². The van der Waals surface area contributed by atoms with Crippen LogP contribution in [0.25, 0.3) is 16.6 Å². The highest BCUT2D eigenvalue weighted by atomic mass is 15.3. The van der Waals surface area contributed by atoms with Crippen molar-refractivity contribution in [2.75, 3.05) is 11.4 Å². The van der Waals surface area contributed by atoms with Gasteiger partial charge in [0.1, 0.15) is 5.82 Å². The van der Waals surface area contributed by atoms with Gasteiger partial charge in [-0.3, -0.25) is 0 Å². The monoisotopic (exact) mass is 317 g/mol. The zero-order valence-corrected chi connectivity index (χ0v) is 13.7. The summed E-state index contributed by atoms with van der Waals surface area (Å²) in [6.45, 7) is 4.04. The van der Waals surface area contributed by atoms with Crippen LogP contribution in [0.2, 0.25) is 0 Å². The van der Waals surface area contributed by atoms with Gasteiger partial charge in [0, 0.05) is 59.5 Å². The molecule has 1 aliphatic heterocycles. The molecule has 4 heterocycles. The van der Waals surface area contributed by atoms with Gasteiger partial charge in [-0.25, -0.2) is 4.98 Å². The molecule has 1 N–H and O–H groups in total. The molecule has 1 aromatic carbocycles. The van der Waals surface area contributed by atoms with Crippen LogP contribution in [-0.2, 0) is 19.4 Å². The summed E-state index contributed by atoms with van der Waals surface area (Å²) in [5.74, 6) is 1.14. The molecule has 0 fully saturated rings. The Bertz CT molecular complexity index is 1040.